The maximum atomic E-state index is 12.9. The summed E-state index contributed by atoms with van der Waals surface area (Å²) in [5.74, 6) is 0. The van der Waals surface area contributed by atoms with E-state index >= 15 is 0 Å². The van der Waals surface area contributed by atoms with Crippen LogP contribution in [0.1, 0.15) is 19.3 Å². The lowest BCUT2D eigenvalue weighted by Crippen LogP contribution is -2.45. The Balaban J connectivity index is 1.54. The van der Waals surface area contributed by atoms with Crippen molar-refractivity contribution in [3.8, 4) is 0 Å². The summed E-state index contributed by atoms with van der Waals surface area (Å²) in [5.41, 5.74) is 1.64. The average Bonchev–Trinajstić information content (AvgIpc) is 2.92. The van der Waals surface area contributed by atoms with Crippen molar-refractivity contribution in [1.29, 1.82) is 0 Å². The van der Waals surface area contributed by atoms with Gasteiger partial charge in [0, 0.05) is 37.2 Å². The highest BCUT2D eigenvalue weighted by atomic mass is 35.5. The van der Waals surface area contributed by atoms with Crippen LogP contribution in [0.2, 0.25) is 10.0 Å². The quantitative estimate of drug-likeness (QED) is 0.810. The van der Waals surface area contributed by atoms with Gasteiger partial charge < -0.3 is 15.1 Å². The molecule has 0 radical (unpaired) electrons. The first-order valence-electron chi connectivity index (χ1n) is 8.82. The Hall–Kier alpha value is -1.98. The molecule has 2 atom stereocenters. The number of nitrogens with zero attached hydrogens (tertiary/aromatic N) is 3. The molecule has 2 aliphatic rings. The third kappa shape index (κ3) is 3.33. The maximum Gasteiger partial charge on any atom is 0.322 e. The molecule has 0 saturated carbocycles. The first kappa shape index (κ1) is 17.4. The van der Waals surface area contributed by atoms with Crippen LogP contribution in [-0.4, -0.2) is 41.1 Å². The molecule has 2 aliphatic heterocycles. The largest absolute Gasteiger partial charge is 0.367 e. The molecule has 1 aromatic heterocycles. The van der Waals surface area contributed by atoms with Crippen molar-refractivity contribution in [3.05, 3.63) is 52.8 Å². The Morgan fingerprint density at radius 2 is 1.73 bits per heavy atom. The molecule has 2 saturated heterocycles. The van der Waals surface area contributed by atoms with E-state index in [1.807, 2.05) is 35.2 Å². The molecule has 2 unspecified atom stereocenters. The SMILES string of the molecule is O=C(Nc1ccccc1)N1C2CCC1CN(c1c(Cl)cncc1Cl)CC2. The van der Waals surface area contributed by atoms with Crippen LogP contribution in [0.25, 0.3) is 0 Å². The zero-order valence-electron chi connectivity index (χ0n) is 14.2. The van der Waals surface area contributed by atoms with Crippen molar-refractivity contribution in [3.63, 3.8) is 0 Å². The van der Waals surface area contributed by atoms with Gasteiger partial charge in [0.15, 0.2) is 0 Å². The Morgan fingerprint density at radius 3 is 2.46 bits per heavy atom. The number of carbonyl (C=O) groups excluding carboxylic acids is 1. The first-order chi connectivity index (χ1) is 12.6. The summed E-state index contributed by atoms with van der Waals surface area (Å²) in [6, 6.07) is 9.94. The highest BCUT2D eigenvalue weighted by molar-refractivity contribution is 6.38. The van der Waals surface area contributed by atoms with Gasteiger partial charge in [-0.1, -0.05) is 41.4 Å². The molecule has 4 rings (SSSR count). The number of aromatic nitrogens is 1. The number of pyridine rings is 1. The molecule has 1 N–H and O–H groups in total. The van der Waals surface area contributed by atoms with Gasteiger partial charge in [-0.25, -0.2) is 4.79 Å². The summed E-state index contributed by atoms with van der Waals surface area (Å²) in [7, 11) is 0. The van der Waals surface area contributed by atoms with Gasteiger partial charge >= 0.3 is 6.03 Å². The van der Waals surface area contributed by atoms with E-state index in [2.05, 4.69) is 15.2 Å². The van der Waals surface area contributed by atoms with Gasteiger partial charge in [-0.3, -0.25) is 4.98 Å². The maximum absolute atomic E-state index is 12.9. The van der Waals surface area contributed by atoms with Gasteiger partial charge in [-0.05, 0) is 31.4 Å². The molecule has 2 aromatic rings. The number of rotatable bonds is 2. The zero-order chi connectivity index (χ0) is 18.1. The number of fused-ring (bicyclic) bond motifs is 2. The van der Waals surface area contributed by atoms with E-state index in [1.165, 1.54) is 0 Å². The number of anilines is 2. The fourth-order valence-electron chi connectivity index (χ4n) is 4.03. The van der Waals surface area contributed by atoms with Crippen molar-refractivity contribution in [2.24, 2.45) is 0 Å². The lowest BCUT2D eigenvalue weighted by atomic mass is 10.1. The van der Waals surface area contributed by atoms with E-state index in [9.17, 15) is 4.79 Å². The average molecular weight is 391 g/mol. The van der Waals surface area contributed by atoms with Crippen molar-refractivity contribution >= 4 is 40.6 Å². The van der Waals surface area contributed by atoms with Crippen molar-refractivity contribution in [2.75, 3.05) is 23.3 Å². The summed E-state index contributed by atoms with van der Waals surface area (Å²) in [5, 5.41) is 4.13. The number of hydrogen-bond acceptors (Lipinski definition) is 3. The lowest BCUT2D eigenvalue weighted by molar-refractivity contribution is 0.190. The molecule has 5 nitrogen and oxygen atoms in total. The predicted molar refractivity (Wildman–Crippen MR) is 105 cm³/mol. The molecule has 2 amide bonds. The van der Waals surface area contributed by atoms with Crippen molar-refractivity contribution in [2.45, 2.75) is 31.3 Å². The first-order valence-corrected chi connectivity index (χ1v) is 9.57. The summed E-state index contributed by atoms with van der Waals surface area (Å²) in [4.78, 5) is 21.1. The topological polar surface area (TPSA) is 48.5 Å². The van der Waals surface area contributed by atoms with Gasteiger partial charge in [0.1, 0.15) is 0 Å². The van der Waals surface area contributed by atoms with Gasteiger partial charge in [0.05, 0.1) is 21.8 Å². The third-order valence-corrected chi connectivity index (χ3v) is 5.74. The minimum Gasteiger partial charge on any atom is -0.367 e. The van der Waals surface area contributed by atoms with Crippen LogP contribution in [0.5, 0.6) is 0 Å². The van der Waals surface area contributed by atoms with Gasteiger partial charge in [0.25, 0.3) is 0 Å². The number of halogens is 2. The van der Waals surface area contributed by atoms with E-state index < -0.39 is 0 Å². The molecule has 136 valence electrons. The van der Waals surface area contributed by atoms with Crippen LogP contribution < -0.4 is 10.2 Å². The number of benzene rings is 1. The second-order valence-electron chi connectivity index (χ2n) is 6.77. The molecular weight excluding hydrogens is 371 g/mol. The van der Waals surface area contributed by atoms with Crippen LogP contribution in [0, 0.1) is 0 Å². The highest BCUT2D eigenvalue weighted by Crippen LogP contribution is 2.37. The molecule has 0 spiro atoms. The fourth-order valence-corrected chi connectivity index (χ4v) is 4.63. The molecule has 1 aromatic carbocycles. The third-order valence-electron chi connectivity index (χ3n) is 5.19. The lowest BCUT2D eigenvalue weighted by Gasteiger charge is -2.30. The Morgan fingerprint density at radius 1 is 1.04 bits per heavy atom. The second kappa shape index (κ2) is 7.33. The normalized spacial score (nSPS) is 22.2. The Kier molecular flexibility index (Phi) is 4.92. The number of amides is 2. The van der Waals surface area contributed by atoms with Gasteiger partial charge in [-0.2, -0.15) is 0 Å². The van der Waals surface area contributed by atoms with E-state index in [4.69, 9.17) is 23.2 Å². The fraction of sp³-hybridized carbons (Fsp3) is 0.368. The Bertz CT molecular complexity index is 781. The van der Waals surface area contributed by atoms with Crippen LogP contribution in [0.3, 0.4) is 0 Å². The number of urea groups is 1. The van der Waals surface area contributed by atoms with Crippen molar-refractivity contribution in [1.82, 2.24) is 9.88 Å². The second-order valence-corrected chi connectivity index (χ2v) is 7.59. The molecule has 3 heterocycles. The van der Waals surface area contributed by atoms with E-state index in [0.29, 0.717) is 10.0 Å². The highest BCUT2D eigenvalue weighted by Gasteiger charge is 2.40. The van der Waals surface area contributed by atoms with Crippen molar-refractivity contribution < 1.29 is 4.79 Å². The predicted octanol–water partition coefficient (Wildman–Crippen LogP) is 4.66. The van der Waals surface area contributed by atoms with Crippen LogP contribution in [0.4, 0.5) is 16.2 Å². The van der Waals surface area contributed by atoms with Gasteiger partial charge in [0.2, 0.25) is 0 Å². The standard InChI is InChI=1S/C19H20Cl2N4O/c20-16-10-22-11-17(21)18(16)24-9-8-14-6-7-15(12-24)25(14)19(26)23-13-4-2-1-3-5-13/h1-5,10-11,14-15H,6-9,12H2,(H,23,26). The summed E-state index contributed by atoms with van der Waals surface area (Å²) in [6.07, 6.45) is 6.16. The number of nitrogens with one attached hydrogen (secondary N) is 1. The zero-order valence-corrected chi connectivity index (χ0v) is 15.7. The van der Waals surface area contributed by atoms with Crippen LogP contribution in [-0.2, 0) is 0 Å². The monoisotopic (exact) mass is 390 g/mol. The summed E-state index contributed by atoms with van der Waals surface area (Å²) >= 11 is 12.7. The van der Waals surface area contributed by atoms with E-state index in [-0.39, 0.29) is 18.1 Å². The minimum atomic E-state index is -0.0301. The van der Waals surface area contributed by atoms with Crippen LogP contribution in [0.15, 0.2) is 42.7 Å². The number of para-hydroxylation sites is 1. The molecule has 2 bridgehead atoms. The van der Waals surface area contributed by atoms with E-state index in [1.54, 1.807) is 12.4 Å². The molecule has 0 aliphatic carbocycles. The molecule has 7 heteroatoms. The number of carbonyl (C=O) groups is 1. The molecular formula is C19H20Cl2N4O. The molecule has 26 heavy (non-hydrogen) atoms. The number of hydrogen-bond donors (Lipinski definition) is 1. The summed E-state index contributed by atoms with van der Waals surface area (Å²) < 4.78 is 0. The smallest absolute Gasteiger partial charge is 0.322 e. The van der Waals surface area contributed by atoms with Crippen LogP contribution >= 0.6 is 23.2 Å². The Labute approximate surface area is 162 Å². The van der Waals surface area contributed by atoms with Gasteiger partial charge in [-0.15, -0.1) is 0 Å². The minimum absolute atomic E-state index is 0.0301. The molecule has 2 fully saturated rings. The summed E-state index contributed by atoms with van der Waals surface area (Å²) in [6.45, 7) is 1.54. The van der Waals surface area contributed by atoms with E-state index in [0.717, 1.165) is 43.7 Å².